The zero-order chi connectivity index (χ0) is 20.6. The van der Waals surface area contributed by atoms with Crippen LogP contribution in [0.5, 0.6) is 0 Å². The third-order valence-corrected chi connectivity index (χ3v) is 5.64. The minimum absolute atomic E-state index is 0. The van der Waals surface area contributed by atoms with E-state index in [0.717, 1.165) is 25.1 Å². The molecule has 0 saturated heterocycles. The number of rotatable bonds is 8. The monoisotopic (exact) mass is 530 g/mol. The molecule has 2 rings (SSSR count). The summed E-state index contributed by atoms with van der Waals surface area (Å²) in [6.07, 6.45) is 0.906. The highest BCUT2D eigenvalue weighted by atomic mass is 127. The quantitative estimate of drug-likeness (QED) is 0.278. The van der Waals surface area contributed by atoms with E-state index in [2.05, 4.69) is 52.4 Å². The highest BCUT2D eigenvalue weighted by molar-refractivity contribution is 14.0. The standard InChI is InChI=1S/C21H30N4O2S.HI/c1-5-23-21(24-10-9-18-12-16(2)11-17(3)13-18)25-15-19-7-6-8-20(14-19)28(26,27)22-4;/h6-8,11-14,22H,5,9-10,15H2,1-4H3,(H2,23,24,25);1H. The van der Waals surface area contributed by atoms with Gasteiger partial charge in [0.15, 0.2) is 5.96 Å². The number of benzene rings is 2. The molecule has 2 aromatic carbocycles. The molecule has 0 aliphatic carbocycles. The molecule has 0 unspecified atom stereocenters. The van der Waals surface area contributed by atoms with Crippen LogP contribution in [0.4, 0.5) is 0 Å². The fourth-order valence-corrected chi connectivity index (χ4v) is 3.78. The Morgan fingerprint density at radius 3 is 2.31 bits per heavy atom. The van der Waals surface area contributed by atoms with Crippen LogP contribution in [0.25, 0.3) is 0 Å². The smallest absolute Gasteiger partial charge is 0.240 e. The molecule has 0 heterocycles. The third-order valence-electron chi connectivity index (χ3n) is 4.23. The van der Waals surface area contributed by atoms with E-state index in [4.69, 9.17) is 0 Å². The first-order valence-corrected chi connectivity index (χ1v) is 10.9. The van der Waals surface area contributed by atoms with Crippen molar-refractivity contribution in [1.82, 2.24) is 15.4 Å². The maximum absolute atomic E-state index is 11.9. The Kier molecular flexibility index (Phi) is 10.6. The van der Waals surface area contributed by atoms with Crippen LogP contribution in [0.2, 0.25) is 0 Å². The second-order valence-corrected chi connectivity index (χ2v) is 8.61. The first kappa shape index (κ1) is 25.4. The summed E-state index contributed by atoms with van der Waals surface area (Å²) in [5.74, 6) is 0.716. The molecule has 0 bridgehead atoms. The summed E-state index contributed by atoms with van der Waals surface area (Å²) in [4.78, 5) is 4.82. The van der Waals surface area contributed by atoms with Crippen molar-refractivity contribution < 1.29 is 8.42 Å². The molecular formula is C21H31IN4O2S. The molecule has 0 atom stereocenters. The average molecular weight is 530 g/mol. The van der Waals surface area contributed by atoms with Crippen molar-refractivity contribution in [2.75, 3.05) is 20.1 Å². The van der Waals surface area contributed by atoms with Gasteiger partial charge in [0.1, 0.15) is 0 Å². The molecule has 8 heteroatoms. The van der Waals surface area contributed by atoms with Crippen LogP contribution in [-0.4, -0.2) is 34.5 Å². The Morgan fingerprint density at radius 1 is 1.00 bits per heavy atom. The zero-order valence-corrected chi connectivity index (χ0v) is 20.6. The van der Waals surface area contributed by atoms with Crippen LogP contribution >= 0.6 is 24.0 Å². The first-order valence-electron chi connectivity index (χ1n) is 9.46. The van der Waals surface area contributed by atoms with E-state index in [9.17, 15) is 8.42 Å². The van der Waals surface area contributed by atoms with Crippen LogP contribution in [0.15, 0.2) is 52.4 Å². The number of hydrogen-bond donors (Lipinski definition) is 3. The molecule has 0 aliphatic heterocycles. The summed E-state index contributed by atoms with van der Waals surface area (Å²) in [7, 11) is -2.05. The molecule has 0 aliphatic rings. The lowest BCUT2D eigenvalue weighted by Crippen LogP contribution is -2.38. The number of aryl methyl sites for hydroxylation is 2. The fraction of sp³-hybridized carbons (Fsp3) is 0.381. The maximum atomic E-state index is 11.9. The summed E-state index contributed by atoms with van der Waals surface area (Å²) in [5, 5.41) is 6.57. The summed E-state index contributed by atoms with van der Waals surface area (Å²) in [6.45, 7) is 8.15. The number of nitrogens with zero attached hydrogens (tertiary/aromatic N) is 1. The van der Waals surface area contributed by atoms with Crippen molar-refractivity contribution in [3.05, 3.63) is 64.7 Å². The Hall–Kier alpha value is -1.65. The van der Waals surface area contributed by atoms with Gasteiger partial charge in [-0.15, -0.1) is 24.0 Å². The topological polar surface area (TPSA) is 82.6 Å². The van der Waals surface area contributed by atoms with Gasteiger partial charge < -0.3 is 10.6 Å². The normalized spacial score (nSPS) is 11.7. The molecule has 160 valence electrons. The number of guanidine groups is 1. The van der Waals surface area contributed by atoms with E-state index in [1.54, 1.807) is 18.2 Å². The van der Waals surface area contributed by atoms with Crippen molar-refractivity contribution in [2.24, 2.45) is 4.99 Å². The average Bonchev–Trinajstić information content (AvgIpc) is 2.65. The van der Waals surface area contributed by atoms with Crippen molar-refractivity contribution in [2.45, 2.75) is 38.6 Å². The van der Waals surface area contributed by atoms with Crippen LogP contribution < -0.4 is 15.4 Å². The fourth-order valence-electron chi connectivity index (χ4n) is 2.98. The number of sulfonamides is 1. The Bertz CT molecular complexity index is 910. The van der Waals surface area contributed by atoms with Gasteiger partial charge in [0.25, 0.3) is 0 Å². The van der Waals surface area contributed by atoms with Gasteiger partial charge in [0.2, 0.25) is 10.0 Å². The summed E-state index contributed by atoms with van der Waals surface area (Å²) in [6, 6.07) is 13.4. The van der Waals surface area contributed by atoms with E-state index >= 15 is 0 Å². The Labute approximate surface area is 191 Å². The predicted molar refractivity (Wildman–Crippen MR) is 131 cm³/mol. The van der Waals surface area contributed by atoms with E-state index in [-0.39, 0.29) is 28.9 Å². The Morgan fingerprint density at radius 2 is 1.69 bits per heavy atom. The van der Waals surface area contributed by atoms with E-state index in [1.165, 1.54) is 23.7 Å². The molecule has 0 fully saturated rings. The number of hydrogen-bond acceptors (Lipinski definition) is 3. The Balaban J connectivity index is 0.00000420. The number of aliphatic imine (C=N–C) groups is 1. The van der Waals surface area contributed by atoms with Gasteiger partial charge >= 0.3 is 0 Å². The summed E-state index contributed by atoms with van der Waals surface area (Å²) < 4.78 is 26.2. The van der Waals surface area contributed by atoms with Crippen LogP contribution in [0.1, 0.15) is 29.2 Å². The SMILES string of the molecule is CCNC(=NCc1cccc(S(=O)(=O)NC)c1)NCCc1cc(C)cc(C)c1.I. The van der Waals surface area contributed by atoms with Gasteiger partial charge in [0, 0.05) is 13.1 Å². The minimum Gasteiger partial charge on any atom is -0.357 e. The maximum Gasteiger partial charge on any atom is 0.240 e. The van der Waals surface area contributed by atoms with Crippen molar-refractivity contribution in [1.29, 1.82) is 0 Å². The van der Waals surface area contributed by atoms with Gasteiger partial charge in [-0.1, -0.05) is 41.5 Å². The summed E-state index contributed by atoms with van der Waals surface area (Å²) >= 11 is 0. The molecule has 3 N–H and O–H groups in total. The predicted octanol–water partition coefficient (Wildman–Crippen LogP) is 3.13. The largest absolute Gasteiger partial charge is 0.357 e. The second-order valence-electron chi connectivity index (χ2n) is 6.72. The summed E-state index contributed by atoms with van der Waals surface area (Å²) in [5.41, 5.74) is 4.67. The van der Waals surface area contributed by atoms with Crippen LogP contribution in [0.3, 0.4) is 0 Å². The molecule has 2 aromatic rings. The lowest BCUT2D eigenvalue weighted by molar-refractivity contribution is 0.588. The lowest BCUT2D eigenvalue weighted by Gasteiger charge is -2.12. The van der Waals surface area contributed by atoms with E-state index < -0.39 is 10.0 Å². The van der Waals surface area contributed by atoms with Gasteiger partial charge in [-0.05, 0) is 57.5 Å². The molecule has 0 aromatic heterocycles. The first-order chi connectivity index (χ1) is 13.3. The second kappa shape index (κ2) is 12.1. The van der Waals surface area contributed by atoms with Crippen LogP contribution in [-0.2, 0) is 23.0 Å². The van der Waals surface area contributed by atoms with E-state index in [1.807, 2.05) is 13.0 Å². The zero-order valence-electron chi connectivity index (χ0n) is 17.5. The highest BCUT2D eigenvalue weighted by Gasteiger charge is 2.11. The lowest BCUT2D eigenvalue weighted by atomic mass is 10.1. The van der Waals surface area contributed by atoms with E-state index in [0.29, 0.717) is 12.5 Å². The van der Waals surface area contributed by atoms with Gasteiger partial charge in [-0.2, -0.15) is 0 Å². The molecule has 29 heavy (non-hydrogen) atoms. The van der Waals surface area contributed by atoms with Gasteiger partial charge in [-0.25, -0.2) is 18.1 Å². The van der Waals surface area contributed by atoms with Crippen molar-refractivity contribution in [3.63, 3.8) is 0 Å². The van der Waals surface area contributed by atoms with Crippen molar-refractivity contribution >= 4 is 40.0 Å². The van der Waals surface area contributed by atoms with Gasteiger partial charge in [0.05, 0.1) is 11.4 Å². The molecule has 0 saturated carbocycles. The van der Waals surface area contributed by atoms with Crippen LogP contribution in [0, 0.1) is 13.8 Å². The third kappa shape index (κ3) is 8.31. The van der Waals surface area contributed by atoms with Gasteiger partial charge in [-0.3, -0.25) is 0 Å². The number of halogens is 1. The highest BCUT2D eigenvalue weighted by Crippen LogP contribution is 2.12. The molecule has 0 spiro atoms. The molecule has 6 nitrogen and oxygen atoms in total. The molecule has 0 radical (unpaired) electrons. The molecule has 0 amide bonds. The molecular weight excluding hydrogens is 499 g/mol. The number of nitrogens with one attached hydrogen (secondary N) is 3. The minimum atomic E-state index is -3.45. The van der Waals surface area contributed by atoms with Crippen molar-refractivity contribution in [3.8, 4) is 0 Å².